The minimum Gasteiger partial charge on any atom is -0.744 e. The van der Waals surface area contributed by atoms with Crippen molar-refractivity contribution >= 4 is 80.3 Å². The molecule has 6 rings (SSSR count). The van der Waals surface area contributed by atoms with Crippen molar-refractivity contribution in [1.29, 1.82) is 0 Å². The van der Waals surface area contributed by atoms with Crippen molar-refractivity contribution in [3.05, 3.63) is 84.9 Å². The number of nitrogens with zero attached hydrogens (tertiary/aromatic N) is 4. The fraction of sp³-hybridized carbons (Fsp3) is 0.0588. The quantitative estimate of drug-likeness (QED) is 0.0545. The zero-order valence-electron chi connectivity index (χ0n) is 31.1. The number of hydrogen-bond acceptors (Lipinski definition) is 18. The van der Waals surface area contributed by atoms with Gasteiger partial charge in [0.25, 0.3) is 0 Å². The summed E-state index contributed by atoms with van der Waals surface area (Å²) in [6.07, 6.45) is 0. The van der Waals surface area contributed by atoms with Crippen molar-refractivity contribution in [3.63, 3.8) is 0 Å². The van der Waals surface area contributed by atoms with E-state index in [2.05, 4.69) is 20.5 Å². The second kappa shape index (κ2) is 18.2. The Morgan fingerprint density at radius 1 is 0.569 bits per heavy atom. The molecule has 0 heterocycles. The minimum atomic E-state index is -5.36. The molecule has 4 N–H and O–H groups in total. The van der Waals surface area contributed by atoms with Crippen molar-refractivity contribution in [3.8, 4) is 34.1 Å². The molecule has 6 aromatic carbocycles. The van der Waals surface area contributed by atoms with Crippen molar-refractivity contribution in [2.75, 3.05) is 20.0 Å². The van der Waals surface area contributed by atoms with E-state index in [-0.39, 0.29) is 107 Å². The molecule has 0 aliphatic rings. The maximum atomic E-state index is 12.2. The molecule has 0 fully saturated rings. The number of anilines is 1. The molecule has 58 heavy (non-hydrogen) atoms. The normalized spacial score (nSPS) is 11.9. The molecule has 0 amide bonds. The molecule has 0 aromatic heterocycles. The standard InChI is InChI=1S/C34H27N5O13S3.3Li/c1-51-27-12-17(7-9-24(27)36-38-26-16-29(54(45,46)47)21-5-3-4-6-22(21)33(26)40)18-8-10-25(28(13-18)52-2)37-39-32-30(55(48,49)50)14-19-11-20(53(42,43)44)15-23(35)31(19)34(32)41;;;/h3-16,40-41H,35H2,1-2H3,(H,42,43,44)(H,45,46,47)(H,48,49,50);;;/q;3*+1/p-3. The van der Waals surface area contributed by atoms with Gasteiger partial charge in [0.2, 0.25) is 0 Å². The van der Waals surface area contributed by atoms with E-state index in [1.807, 2.05) is 0 Å². The van der Waals surface area contributed by atoms with E-state index in [0.29, 0.717) is 17.2 Å². The van der Waals surface area contributed by atoms with Gasteiger partial charge in [-0.25, -0.2) is 25.3 Å². The van der Waals surface area contributed by atoms with E-state index in [1.54, 1.807) is 24.3 Å². The first kappa shape index (κ1) is 47.9. The molecule has 0 radical (unpaired) electrons. The summed E-state index contributed by atoms with van der Waals surface area (Å²) in [5, 5.41) is 37.1. The Balaban J connectivity index is 0.00000300. The third-order valence-electron chi connectivity index (χ3n) is 8.16. The van der Waals surface area contributed by atoms with Gasteiger partial charge in [-0.1, -0.05) is 36.4 Å². The van der Waals surface area contributed by atoms with Crippen LogP contribution in [0.4, 0.5) is 28.4 Å². The van der Waals surface area contributed by atoms with Gasteiger partial charge in [-0.2, -0.15) is 0 Å². The first-order valence-corrected chi connectivity index (χ1v) is 19.5. The summed E-state index contributed by atoms with van der Waals surface area (Å²) in [7, 11) is -12.7. The van der Waals surface area contributed by atoms with Crippen molar-refractivity contribution in [2.24, 2.45) is 20.5 Å². The molecule has 0 atom stereocenters. The summed E-state index contributed by atoms with van der Waals surface area (Å²) in [6, 6.07) is 18.2. The Morgan fingerprint density at radius 3 is 1.57 bits per heavy atom. The van der Waals surface area contributed by atoms with Crippen LogP contribution in [0.15, 0.2) is 120 Å². The summed E-state index contributed by atoms with van der Waals surface area (Å²) in [4.78, 5) is -2.48. The summed E-state index contributed by atoms with van der Waals surface area (Å²) in [5.41, 5.74) is 5.62. The number of hydrogen-bond donors (Lipinski definition) is 3. The third kappa shape index (κ3) is 9.70. The van der Waals surface area contributed by atoms with Crippen LogP contribution in [-0.2, 0) is 30.4 Å². The molecule has 0 aliphatic carbocycles. The van der Waals surface area contributed by atoms with Crippen LogP contribution in [0.25, 0.3) is 32.7 Å². The number of phenolic OH excluding ortho intramolecular Hbond substituents is 2. The largest absolute Gasteiger partial charge is 1.00 e. The number of fused-ring (bicyclic) bond motifs is 2. The van der Waals surface area contributed by atoms with E-state index in [4.69, 9.17) is 15.2 Å². The SMILES string of the molecule is COc1cc(-c2ccc(N=Nc3c(S(=O)(=O)[O-])cc4cc(S(=O)(=O)[O-])cc(N)c4c3O)c(OC)c2)ccc1N=Nc1cc(S(=O)(=O)[O-])c2ccccc2c1O.[Li+].[Li+].[Li+]. The predicted octanol–water partition coefficient (Wildman–Crippen LogP) is -2.77. The minimum absolute atomic E-state index is 0. The van der Waals surface area contributed by atoms with E-state index in [9.17, 15) is 49.1 Å². The zero-order valence-corrected chi connectivity index (χ0v) is 33.5. The number of nitrogens with two attached hydrogens (primary N) is 1. The zero-order chi connectivity index (χ0) is 40.0. The Morgan fingerprint density at radius 2 is 1.07 bits per heavy atom. The molecule has 0 saturated heterocycles. The number of aromatic hydroxyl groups is 2. The molecule has 24 heteroatoms. The maximum absolute atomic E-state index is 12.2. The average Bonchev–Trinajstić information content (AvgIpc) is 3.12. The molecule has 6 aromatic rings. The number of azo groups is 2. The second-order valence-corrected chi connectivity index (χ2v) is 15.6. The van der Waals surface area contributed by atoms with Gasteiger partial charge in [0, 0.05) is 21.8 Å². The number of nitrogen functional groups attached to an aromatic ring is 1. The van der Waals surface area contributed by atoms with E-state index < -0.39 is 67.9 Å². The van der Waals surface area contributed by atoms with Crippen molar-refractivity contribution in [1.82, 2.24) is 0 Å². The van der Waals surface area contributed by atoms with Crippen LogP contribution < -0.4 is 71.8 Å². The van der Waals surface area contributed by atoms with Gasteiger partial charge in [0.05, 0.1) is 28.9 Å². The van der Waals surface area contributed by atoms with Crippen LogP contribution >= 0.6 is 0 Å². The van der Waals surface area contributed by atoms with E-state index >= 15 is 0 Å². The van der Waals surface area contributed by atoms with Crippen LogP contribution in [0.1, 0.15) is 0 Å². The van der Waals surface area contributed by atoms with Crippen molar-refractivity contribution in [2.45, 2.75) is 14.7 Å². The first-order valence-electron chi connectivity index (χ1n) is 15.2. The number of rotatable bonds is 10. The number of ether oxygens (including phenoxy) is 2. The Labute approximate surface area is 367 Å². The molecular weight excluding hydrogens is 803 g/mol. The van der Waals surface area contributed by atoms with E-state index in [1.165, 1.54) is 50.6 Å². The molecule has 0 bridgehead atoms. The summed E-state index contributed by atoms with van der Waals surface area (Å²) < 4.78 is 118. The number of benzene rings is 6. The van der Waals surface area contributed by atoms with Gasteiger partial charge in [-0.3, -0.25) is 0 Å². The molecule has 0 unspecified atom stereocenters. The third-order valence-corrected chi connectivity index (χ3v) is 10.7. The van der Waals surface area contributed by atoms with Crippen molar-refractivity contribution < 1.29 is 115 Å². The molecular formula is C34H24Li3N5O13S3. The Kier molecular flexibility index (Phi) is 15.1. The maximum Gasteiger partial charge on any atom is 1.00 e. The average molecular weight is 828 g/mol. The fourth-order valence-corrected chi connectivity index (χ4v) is 7.50. The van der Waals surface area contributed by atoms with Crippen LogP contribution in [0.2, 0.25) is 0 Å². The van der Waals surface area contributed by atoms with Crippen LogP contribution in [0, 0.1) is 0 Å². The Bertz CT molecular complexity index is 2990. The van der Waals surface area contributed by atoms with Gasteiger partial charge in [0.15, 0.2) is 11.5 Å². The van der Waals surface area contributed by atoms with Crippen LogP contribution in [0.5, 0.6) is 23.0 Å². The summed E-state index contributed by atoms with van der Waals surface area (Å²) in [6.45, 7) is 0. The molecule has 0 saturated carbocycles. The predicted molar refractivity (Wildman–Crippen MR) is 193 cm³/mol. The summed E-state index contributed by atoms with van der Waals surface area (Å²) in [5.74, 6) is -1.03. The van der Waals surface area contributed by atoms with Crippen LogP contribution in [0.3, 0.4) is 0 Å². The molecule has 0 spiro atoms. The van der Waals surface area contributed by atoms with Gasteiger partial charge in [0.1, 0.15) is 64.6 Å². The van der Waals surface area contributed by atoms with Gasteiger partial charge in [-0.05, 0) is 65.0 Å². The summed E-state index contributed by atoms with van der Waals surface area (Å²) >= 11 is 0. The molecule has 0 aliphatic heterocycles. The number of methoxy groups -OCH3 is 2. The fourth-order valence-electron chi connectivity index (χ4n) is 5.61. The van der Waals surface area contributed by atoms with E-state index in [0.717, 1.165) is 18.2 Å². The van der Waals surface area contributed by atoms with Gasteiger partial charge < -0.3 is 39.1 Å². The molecule has 284 valence electrons. The first-order chi connectivity index (χ1) is 25.8. The van der Waals surface area contributed by atoms with Crippen LogP contribution in [-0.4, -0.2) is 63.3 Å². The van der Waals surface area contributed by atoms with Gasteiger partial charge in [-0.15, -0.1) is 20.5 Å². The monoisotopic (exact) mass is 827 g/mol. The topological polar surface area (TPSA) is 306 Å². The molecule has 18 nitrogen and oxygen atoms in total. The smallest absolute Gasteiger partial charge is 0.744 e. The Hall–Kier alpha value is -4.44. The second-order valence-electron chi connectivity index (χ2n) is 11.5. The number of phenols is 2. The van der Waals surface area contributed by atoms with Gasteiger partial charge >= 0.3 is 56.6 Å².